The fourth-order valence-electron chi connectivity index (χ4n) is 9.16. The van der Waals surface area contributed by atoms with Crippen molar-refractivity contribution in [3.8, 4) is 11.4 Å². The Bertz CT molecular complexity index is 3880. The Morgan fingerprint density at radius 3 is 1.56 bits per heavy atom. The Morgan fingerprint density at radius 2 is 1.08 bits per heavy atom. The predicted octanol–water partition coefficient (Wildman–Crippen LogP) is 5.10. The number of halogens is 1. The average Bonchev–Trinajstić information content (AvgIpc) is 4.01. The van der Waals surface area contributed by atoms with E-state index in [-0.39, 0.29) is 33.9 Å². The number of fused-ring (bicyclic) bond motifs is 4. The smallest absolute Gasteiger partial charge is 0.268 e. The van der Waals surface area contributed by atoms with E-state index in [0.717, 1.165) is 32.0 Å². The van der Waals surface area contributed by atoms with Gasteiger partial charge in [0.25, 0.3) is 22.9 Å². The summed E-state index contributed by atoms with van der Waals surface area (Å²) in [5, 5.41) is 18.4. The van der Waals surface area contributed by atoms with Crippen LogP contribution in [0, 0.1) is 0 Å². The standard InChI is InChI=1S/C27H26N8O3.C23H18ClN7O2.C4H9NO/c1-17(30-26(36)22-23(28)32-34-12-6-11-29-25(22)34)24-31-19-9-5-10-20(33-13-15-38-16-14-33)21(19)27(37)35(24)18-7-3-2-4-8-18;1-13(27-22(32)18-19(25)29-30-12-6-11-26-21(18)30)20-28-16-10-5-9-15(24)17(16)23(33)31(20)14-7-3-2-4-8-14;1-3-6-4-2-5-1/h2-12,17H,13-16H2,1H3,(H2,28,32)(H,30,36);2-13H,1H3,(H2,25,29)(H,27,32);5H,1-4H2/t17-;13-;/m00./s1. The van der Waals surface area contributed by atoms with Crippen LogP contribution in [0.25, 0.3) is 44.5 Å². The van der Waals surface area contributed by atoms with Crippen molar-refractivity contribution in [2.45, 2.75) is 25.9 Å². The molecule has 77 heavy (non-hydrogen) atoms. The summed E-state index contributed by atoms with van der Waals surface area (Å²) in [5.41, 5.74) is 15.6. The summed E-state index contributed by atoms with van der Waals surface area (Å²) in [6, 6.07) is 31.2. The number of ether oxygens (including phenoxy) is 2. The molecule has 0 aliphatic carbocycles. The first-order valence-corrected chi connectivity index (χ1v) is 25.1. The zero-order valence-corrected chi connectivity index (χ0v) is 42.7. The summed E-state index contributed by atoms with van der Waals surface area (Å²) in [7, 11) is 0. The topological polar surface area (TPSA) is 274 Å². The molecule has 0 unspecified atom stereocenters. The van der Waals surface area contributed by atoms with Crippen molar-refractivity contribution in [3.05, 3.63) is 182 Å². The van der Waals surface area contributed by atoms with Crippen molar-refractivity contribution in [3.63, 3.8) is 0 Å². The molecule has 2 atom stereocenters. The van der Waals surface area contributed by atoms with Gasteiger partial charge in [-0.15, -0.1) is 10.2 Å². The van der Waals surface area contributed by atoms with Gasteiger partial charge in [-0.25, -0.2) is 29.0 Å². The van der Waals surface area contributed by atoms with Crippen molar-refractivity contribution < 1.29 is 19.1 Å². The number of anilines is 3. The molecule has 8 heterocycles. The largest absolute Gasteiger partial charge is 0.381 e. The lowest BCUT2D eigenvalue weighted by Gasteiger charge is -2.30. The number of morpholine rings is 2. The Kier molecular flexibility index (Phi) is 15.2. The number of nitrogen functional groups attached to an aromatic ring is 2. The second kappa shape index (κ2) is 22.8. The lowest BCUT2D eigenvalue weighted by atomic mass is 10.1. The number of nitrogens with zero attached hydrogens (tertiary/aromatic N) is 11. The molecule has 4 aromatic carbocycles. The van der Waals surface area contributed by atoms with Crippen LogP contribution >= 0.6 is 11.6 Å². The molecule has 7 N–H and O–H groups in total. The van der Waals surface area contributed by atoms with E-state index in [9.17, 15) is 19.2 Å². The van der Waals surface area contributed by atoms with Gasteiger partial charge in [-0.3, -0.25) is 28.3 Å². The highest BCUT2D eigenvalue weighted by Gasteiger charge is 2.28. The molecule has 0 saturated carbocycles. The SMILES string of the molecule is C1COCCN1.C[C@H](NC(=O)c1c(N)nn2cccnc12)c1nc2cccc(Cl)c2c(=O)n1-c1ccccc1.C[C@H](NC(=O)c1c(N)nn2cccnc12)c1nc2cccc(N3CCOCC3)c2c(=O)n1-c1ccccc1. The van der Waals surface area contributed by atoms with E-state index in [1.54, 1.807) is 85.7 Å². The molecule has 0 spiro atoms. The normalized spacial score (nSPS) is 14.3. The molecule has 12 rings (SSSR count). The molecule has 6 aromatic heterocycles. The summed E-state index contributed by atoms with van der Waals surface area (Å²) in [6.07, 6.45) is 6.45. The summed E-state index contributed by atoms with van der Waals surface area (Å²) in [6.45, 7) is 9.93. The van der Waals surface area contributed by atoms with Crippen LogP contribution < -0.4 is 43.4 Å². The third kappa shape index (κ3) is 10.6. The van der Waals surface area contributed by atoms with Crippen molar-refractivity contribution >= 4 is 73.8 Å². The molecular weight excluding hydrogens is 1000 g/mol. The molecule has 2 amide bonds. The van der Waals surface area contributed by atoms with Crippen LogP contribution in [-0.2, 0) is 9.47 Å². The number of rotatable bonds is 9. The maximum Gasteiger partial charge on any atom is 0.268 e. The van der Waals surface area contributed by atoms with E-state index in [1.807, 2.05) is 66.7 Å². The Morgan fingerprint density at radius 1 is 0.610 bits per heavy atom. The highest BCUT2D eigenvalue weighted by atomic mass is 35.5. The highest BCUT2D eigenvalue weighted by molar-refractivity contribution is 6.35. The van der Waals surface area contributed by atoms with Crippen molar-refractivity contribution in [1.29, 1.82) is 0 Å². The Balaban J connectivity index is 0.000000159. The van der Waals surface area contributed by atoms with Crippen LogP contribution in [0.4, 0.5) is 17.3 Å². The number of hydrogen-bond acceptors (Lipinski definition) is 16. The second-order valence-electron chi connectivity index (χ2n) is 17.8. The van der Waals surface area contributed by atoms with Crippen molar-refractivity contribution in [2.75, 3.05) is 69.0 Å². The van der Waals surface area contributed by atoms with E-state index in [2.05, 4.69) is 46.0 Å². The molecule has 23 heteroatoms. The minimum Gasteiger partial charge on any atom is -0.381 e. The number of carbonyl (C=O) groups excluding carboxylic acids is 2. The molecule has 392 valence electrons. The maximum atomic E-state index is 14.2. The van der Waals surface area contributed by atoms with Crippen LogP contribution in [0.2, 0.25) is 5.02 Å². The minimum atomic E-state index is -0.660. The maximum absolute atomic E-state index is 14.2. The Hall–Kier alpha value is -9.09. The molecule has 22 nitrogen and oxygen atoms in total. The zero-order chi connectivity index (χ0) is 53.6. The fraction of sp³-hybridized carbons (Fsp3) is 0.222. The van der Waals surface area contributed by atoms with Gasteiger partial charge in [0.2, 0.25) is 0 Å². The van der Waals surface area contributed by atoms with Gasteiger partial charge in [-0.05, 0) is 74.5 Å². The number of benzene rings is 4. The number of aromatic nitrogens is 10. The number of amides is 2. The quantitative estimate of drug-likeness (QED) is 0.126. The molecule has 2 aliphatic rings. The number of nitrogens with one attached hydrogen (secondary N) is 3. The van der Waals surface area contributed by atoms with Gasteiger partial charge in [0, 0.05) is 51.0 Å². The van der Waals surface area contributed by atoms with Gasteiger partial charge in [-0.1, -0.05) is 60.1 Å². The number of para-hydroxylation sites is 2. The molecule has 10 aromatic rings. The van der Waals surface area contributed by atoms with Gasteiger partial charge in [0.05, 0.1) is 82.4 Å². The van der Waals surface area contributed by atoms with Gasteiger partial charge < -0.3 is 41.8 Å². The first-order valence-electron chi connectivity index (χ1n) is 24.8. The predicted molar refractivity (Wildman–Crippen MR) is 293 cm³/mol. The summed E-state index contributed by atoms with van der Waals surface area (Å²) in [4.78, 5) is 74.4. The van der Waals surface area contributed by atoms with E-state index in [4.69, 9.17) is 37.5 Å². The van der Waals surface area contributed by atoms with Crippen LogP contribution in [0.5, 0.6) is 0 Å². The summed E-state index contributed by atoms with van der Waals surface area (Å²) in [5.74, 6) is -0.0810. The zero-order valence-electron chi connectivity index (χ0n) is 41.9. The lowest BCUT2D eigenvalue weighted by molar-refractivity contribution is 0.0931. The van der Waals surface area contributed by atoms with Gasteiger partial charge in [0.1, 0.15) is 22.8 Å². The van der Waals surface area contributed by atoms with Crippen LogP contribution in [0.1, 0.15) is 58.3 Å². The van der Waals surface area contributed by atoms with E-state index in [1.165, 1.54) is 13.6 Å². The fourth-order valence-corrected chi connectivity index (χ4v) is 9.41. The molecule has 0 radical (unpaired) electrons. The highest BCUT2D eigenvalue weighted by Crippen LogP contribution is 2.28. The summed E-state index contributed by atoms with van der Waals surface area (Å²) >= 11 is 6.33. The number of nitrogens with two attached hydrogens (primary N) is 2. The Labute approximate surface area is 444 Å². The van der Waals surface area contributed by atoms with Crippen molar-refractivity contribution in [2.24, 2.45) is 0 Å². The van der Waals surface area contributed by atoms with Gasteiger partial charge >= 0.3 is 0 Å². The third-order valence-corrected chi connectivity index (χ3v) is 13.1. The molecule has 0 bridgehead atoms. The third-order valence-electron chi connectivity index (χ3n) is 12.8. The second-order valence-corrected chi connectivity index (χ2v) is 18.3. The molecular formula is C54H53ClN16O6. The first kappa shape index (κ1) is 51.4. The van der Waals surface area contributed by atoms with E-state index >= 15 is 0 Å². The number of carbonyl (C=O) groups is 2. The summed E-state index contributed by atoms with van der Waals surface area (Å²) < 4.78 is 16.4. The van der Waals surface area contributed by atoms with Crippen molar-refractivity contribution in [1.82, 2.24) is 64.2 Å². The molecule has 2 aliphatic heterocycles. The molecule has 2 saturated heterocycles. The minimum absolute atomic E-state index is 0.0529. The van der Waals surface area contributed by atoms with Crippen LogP contribution in [0.3, 0.4) is 0 Å². The molecule has 2 fully saturated rings. The van der Waals surface area contributed by atoms with E-state index < -0.39 is 23.9 Å². The first-order chi connectivity index (χ1) is 37.5. The van der Waals surface area contributed by atoms with Crippen LogP contribution in [-0.4, -0.2) is 113 Å². The number of hydrogen-bond donors (Lipinski definition) is 5. The van der Waals surface area contributed by atoms with Gasteiger partial charge in [0.15, 0.2) is 22.9 Å². The average molecular weight is 1060 g/mol. The monoisotopic (exact) mass is 1060 g/mol. The van der Waals surface area contributed by atoms with E-state index in [0.29, 0.717) is 87.4 Å². The van der Waals surface area contributed by atoms with Gasteiger partial charge in [-0.2, -0.15) is 0 Å². The van der Waals surface area contributed by atoms with Crippen LogP contribution in [0.15, 0.2) is 144 Å². The lowest BCUT2D eigenvalue weighted by Crippen LogP contribution is -2.38.